The van der Waals surface area contributed by atoms with Crippen LogP contribution in [0.5, 0.6) is 0 Å². The molecule has 22 valence electrons. The Labute approximate surface area is 34.0 Å². The Kier molecular flexibility index (Phi) is 3.90. The highest BCUT2D eigenvalue weighted by molar-refractivity contribution is 7.82. The van der Waals surface area contributed by atoms with Gasteiger partial charge in [-0.1, -0.05) is 0 Å². The zero-order valence-corrected chi connectivity index (χ0v) is 3.76. The van der Waals surface area contributed by atoms with Gasteiger partial charge in [-0.15, -0.1) is 0 Å². The van der Waals surface area contributed by atoms with Crippen LogP contribution >= 0.6 is 12.6 Å². The van der Waals surface area contributed by atoms with Crippen LogP contribution in [0.25, 0.3) is 0 Å². The summed E-state index contributed by atoms with van der Waals surface area (Å²) in [7, 11) is 3.29. The maximum atomic E-state index is 3.92. The molecule has 0 amide bonds. The first-order valence-electron chi connectivity index (χ1n) is 1.52. The predicted molar refractivity (Wildman–Crippen MR) is 29.5 cm³/mol. The molecule has 0 bridgehead atoms. The second kappa shape index (κ2) is 3.48. The fraction of sp³-hybridized carbons (Fsp3) is 1.00. The summed E-state index contributed by atoms with van der Waals surface area (Å²) in [6, 6.07) is 0. The van der Waals surface area contributed by atoms with E-state index in [-0.39, 0.29) is 0 Å². The molecule has 0 aromatic heterocycles. The van der Waals surface area contributed by atoms with Crippen LogP contribution in [0, 0.1) is 0 Å². The smallest absolute Gasteiger partial charge is 0.0943 e. The molecule has 0 N–H and O–H groups in total. The van der Waals surface area contributed by atoms with Crippen molar-refractivity contribution in [3.63, 3.8) is 0 Å². The van der Waals surface area contributed by atoms with E-state index in [1.807, 2.05) is 0 Å². The highest BCUT2D eigenvalue weighted by Crippen LogP contribution is 1.57. The SMILES string of the molecule is BBCS. The lowest BCUT2D eigenvalue weighted by Crippen LogP contribution is -1.86. The third-order valence-corrected chi connectivity index (χ3v) is 0.671. The molecule has 3 heteroatoms. The molecular formula is CH6B2S. The van der Waals surface area contributed by atoms with Crippen molar-refractivity contribution >= 4 is 27.5 Å². The molecule has 0 fully saturated rings. The van der Waals surface area contributed by atoms with Gasteiger partial charge in [0.1, 0.15) is 0 Å². The van der Waals surface area contributed by atoms with Crippen molar-refractivity contribution in [3.05, 3.63) is 0 Å². The quantitative estimate of drug-likeness (QED) is 0.293. The molecule has 4 heavy (non-hydrogen) atoms. The Morgan fingerprint density at radius 1 is 2.00 bits per heavy atom. The van der Waals surface area contributed by atoms with Crippen molar-refractivity contribution in [2.75, 3.05) is 5.65 Å². The first kappa shape index (κ1) is 4.48. The third-order valence-electron chi connectivity index (χ3n) is 0.224. The van der Waals surface area contributed by atoms with Crippen LogP contribution in [0.4, 0.5) is 0 Å². The van der Waals surface area contributed by atoms with Gasteiger partial charge in [-0.2, -0.15) is 12.6 Å². The van der Waals surface area contributed by atoms with E-state index in [1.54, 1.807) is 0 Å². The van der Waals surface area contributed by atoms with Crippen LogP contribution in [0.1, 0.15) is 0 Å². The van der Waals surface area contributed by atoms with Crippen LogP contribution in [0.3, 0.4) is 0 Å². The first-order valence-corrected chi connectivity index (χ1v) is 2.16. The average molecular weight is 71.7 g/mol. The minimum atomic E-state index is 1.01. The normalized spacial score (nSPS) is 6.25. The summed E-state index contributed by atoms with van der Waals surface area (Å²) in [5, 5.41) is 0. The zero-order chi connectivity index (χ0) is 3.41. The van der Waals surface area contributed by atoms with Crippen molar-refractivity contribution in [1.82, 2.24) is 0 Å². The minimum absolute atomic E-state index is 1.01. The highest BCUT2D eigenvalue weighted by atomic mass is 32.1. The van der Waals surface area contributed by atoms with Gasteiger partial charge in [-0.25, -0.2) is 0 Å². The molecule has 0 saturated carbocycles. The van der Waals surface area contributed by atoms with E-state index < -0.39 is 0 Å². The van der Waals surface area contributed by atoms with Gasteiger partial charge < -0.3 is 0 Å². The average Bonchev–Trinajstić information content (AvgIpc) is 1.37. The largest absolute Gasteiger partial charge is 0.189 e. The van der Waals surface area contributed by atoms with Crippen molar-refractivity contribution in [2.24, 2.45) is 0 Å². The monoisotopic (exact) mass is 72.0 g/mol. The van der Waals surface area contributed by atoms with Gasteiger partial charge in [0.05, 0.1) is 14.9 Å². The van der Waals surface area contributed by atoms with Gasteiger partial charge >= 0.3 is 0 Å². The Bertz CT molecular complexity index is 8.00. The lowest BCUT2D eigenvalue weighted by molar-refractivity contribution is 2.25. The fourth-order valence-corrected chi connectivity index (χ4v) is 0. The topological polar surface area (TPSA) is 0 Å². The van der Waals surface area contributed by atoms with Gasteiger partial charge in [0.25, 0.3) is 0 Å². The highest BCUT2D eigenvalue weighted by Gasteiger charge is 1.63. The van der Waals surface area contributed by atoms with E-state index in [1.165, 1.54) is 7.17 Å². The summed E-state index contributed by atoms with van der Waals surface area (Å²) in [5.74, 6) is 0. The molecule has 0 radical (unpaired) electrons. The third kappa shape index (κ3) is 2.48. The zero-order valence-electron chi connectivity index (χ0n) is 2.86. The van der Waals surface area contributed by atoms with Crippen LogP contribution in [-0.4, -0.2) is 20.6 Å². The van der Waals surface area contributed by atoms with Crippen LogP contribution in [-0.2, 0) is 0 Å². The molecular weight excluding hydrogens is 65.7 g/mol. The van der Waals surface area contributed by atoms with E-state index in [9.17, 15) is 0 Å². The van der Waals surface area contributed by atoms with Crippen molar-refractivity contribution in [3.8, 4) is 0 Å². The van der Waals surface area contributed by atoms with E-state index in [0.29, 0.717) is 0 Å². The Morgan fingerprint density at radius 3 is 2.25 bits per heavy atom. The van der Waals surface area contributed by atoms with Crippen LogP contribution in [0.15, 0.2) is 0 Å². The second-order valence-electron chi connectivity index (χ2n) is 0.724. The molecule has 0 spiro atoms. The van der Waals surface area contributed by atoms with Gasteiger partial charge in [-0.05, 0) is 5.65 Å². The molecule has 0 aromatic carbocycles. The molecule has 0 aliphatic carbocycles. The summed E-state index contributed by atoms with van der Waals surface area (Å²) in [6.07, 6.45) is 0. The molecule has 0 nitrogen and oxygen atoms in total. The Morgan fingerprint density at radius 2 is 2.25 bits per heavy atom. The lowest BCUT2D eigenvalue weighted by Gasteiger charge is -1.62. The summed E-state index contributed by atoms with van der Waals surface area (Å²) >= 11 is 3.92. The van der Waals surface area contributed by atoms with E-state index >= 15 is 0 Å². The molecule has 0 saturated heterocycles. The number of thiol groups is 1. The maximum Gasteiger partial charge on any atom is 0.0943 e. The molecule has 0 heterocycles. The summed E-state index contributed by atoms with van der Waals surface area (Å²) in [4.78, 5) is 0. The minimum Gasteiger partial charge on any atom is -0.189 e. The van der Waals surface area contributed by atoms with E-state index in [0.717, 1.165) is 5.65 Å². The lowest BCUT2D eigenvalue weighted by atomic mass is 9.58. The molecule has 0 rings (SSSR count). The Balaban J connectivity index is 1.97. The second-order valence-corrected chi connectivity index (χ2v) is 1.17. The van der Waals surface area contributed by atoms with Crippen molar-refractivity contribution < 1.29 is 0 Å². The van der Waals surface area contributed by atoms with Gasteiger partial charge in [0.2, 0.25) is 0 Å². The van der Waals surface area contributed by atoms with Crippen LogP contribution < -0.4 is 0 Å². The van der Waals surface area contributed by atoms with Gasteiger partial charge in [0.15, 0.2) is 0 Å². The van der Waals surface area contributed by atoms with Gasteiger partial charge in [0, 0.05) is 0 Å². The molecule has 0 atom stereocenters. The van der Waals surface area contributed by atoms with E-state index in [2.05, 4.69) is 20.4 Å². The molecule has 0 unspecified atom stereocenters. The summed E-state index contributed by atoms with van der Waals surface area (Å²) in [5.41, 5.74) is 1.01. The number of rotatable bonds is 1. The summed E-state index contributed by atoms with van der Waals surface area (Å²) < 4.78 is 0. The Hall–Kier alpha value is 0.480. The standard InChI is InChI=1S/CH6B2S/c2-3-1-4/h3-4H,1-2H2. The predicted octanol–water partition coefficient (Wildman–Crippen LogP) is -1.14. The van der Waals surface area contributed by atoms with Gasteiger partial charge in [-0.3, -0.25) is 0 Å². The summed E-state index contributed by atoms with van der Waals surface area (Å²) in [6.45, 7) is 0. The van der Waals surface area contributed by atoms with Crippen molar-refractivity contribution in [2.45, 2.75) is 0 Å². The molecule has 0 aliphatic heterocycles. The molecule has 0 aromatic rings. The number of hydrogen-bond acceptors (Lipinski definition) is 1. The number of hydrogen-bond donors (Lipinski definition) is 1. The van der Waals surface area contributed by atoms with Crippen LogP contribution in [0.2, 0.25) is 0 Å². The van der Waals surface area contributed by atoms with Crippen molar-refractivity contribution in [1.29, 1.82) is 0 Å². The maximum absolute atomic E-state index is 3.92. The molecule has 0 aliphatic rings. The van der Waals surface area contributed by atoms with E-state index in [4.69, 9.17) is 0 Å². The first-order chi connectivity index (χ1) is 1.91. The fourth-order valence-electron chi connectivity index (χ4n) is 0.